The van der Waals surface area contributed by atoms with Crippen molar-refractivity contribution in [3.05, 3.63) is 29.8 Å². The van der Waals surface area contributed by atoms with Crippen molar-refractivity contribution in [1.82, 2.24) is 5.32 Å². The van der Waals surface area contributed by atoms with E-state index in [1.165, 1.54) is 31.2 Å². The molecule has 0 radical (unpaired) electrons. The first-order chi connectivity index (χ1) is 9.79. The Hall–Kier alpha value is -2.90. The van der Waals surface area contributed by atoms with Crippen LogP contribution in [0.1, 0.15) is 23.7 Å². The molecule has 1 amide bonds. The number of esters is 1. The van der Waals surface area contributed by atoms with E-state index in [0.717, 1.165) is 0 Å². The standard InChI is InChI=1S/C13H13NO7/c1-7(15)21-9-4-2-8(3-5-9)12(18)14-10(13(19)20)6-11(16)17/h2-5,10H,6H2,1H3,(H,14,18)(H,16,17)(H,19,20)/t10-/m1/s1. The highest BCUT2D eigenvalue weighted by molar-refractivity contribution is 5.97. The highest BCUT2D eigenvalue weighted by Gasteiger charge is 2.23. The van der Waals surface area contributed by atoms with Gasteiger partial charge in [0, 0.05) is 12.5 Å². The second-order valence-corrected chi connectivity index (χ2v) is 4.08. The molecular formula is C13H13NO7. The molecule has 21 heavy (non-hydrogen) atoms. The Kier molecular flexibility index (Phi) is 5.41. The Balaban J connectivity index is 2.76. The maximum Gasteiger partial charge on any atom is 0.326 e. The van der Waals surface area contributed by atoms with Crippen molar-refractivity contribution >= 4 is 23.8 Å². The summed E-state index contributed by atoms with van der Waals surface area (Å²) in [6, 6.07) is 3.86. The van der Waals surface area contributed by atoms with Gasteiger partial charge in [-0.3, -0.25) is 14.4 Å². The topological polar surface area (TPSA) is 130 Å². The summed E-state index contributed by atoms with van der Waals surface area (Å²) < 4.78 is 4.78. The quantitative estimate of drug-likeness (QED) is 0.507. The second-order valence-electron chi connectivity index (χ2n) is 4.08. The van der Waals surface area contributed by atoms with E-state index in [2.05, 4.69) is 5.32 Å². The van der Waals surface area contributed by atoms with Crippen LogP contribution in [0.25, 0.3) is 0 Å². The minimum atomic E-state index is -1.52. The molecule has 8 nitrogen and oxygen atoms in total. The summed E-state index contributed by atoms with van der Waals surface area (Å²) in [6.45, 7) is 1.23. The predicted octanol–water partition coefficient (Wildman–Crippen LogP) is 0.270. The summed E-state index contributed by atoms with van der Waals surface area (Å²) in [7, 11) is 0. The zero-order valence-corrected chi connectivity index (χ0v) is 11.0. The fourth-order valence-corrected chi connectivity index (χ4v) is 1.46. The van der Waals surface area contributed by atoms with Gasteiger partial charge in [0.05, 0.1) is 6.42 Å². The first kappa shape index (κ1) is 16.2. The molecule has 1 aromatic carbocycles. The normalized spacial score (nSPS) is 11.3. The maximum atomic E-state index is 11.8. The molecule has 0 bridgehead atoms. The number of amides is 1. The van der Waals surface area contributed by atoms with Gasteiger partial charge in [-0.2, -0.15) is 0 Å². The fraction of sp³-hybridized carbons (Fsp3) is 0.231. The van der Waals surface area contributed by atoms with Gasteiger partial charge in [0.2, 0.25) is 0 Å². The summed E-state index contributed by atoms with van der Waals surface area (Å²) in [5, 5.41) is 19.5. The maximum absolute atomic E-state index is 11.8. The molecule has 0 aliphatic carbocycles. The number of carboxylic acid groups (broad SMARTS) is 2. The van der Waals surface area contributed by atoms with Gasteiger partial charge < -0.3 is 20.3 Å². The van der Waals surface area contributed by atoms with E-state index in [9.17, 15) is 19.2 Å². The van der Waals surface area contributed by atoms with Crippen molar-refractivity contribution in [1.29, 1.82) is 0 Å². The number of carboxylic acids is 2. The molecule has 0 aliphatic rings. The summed E-state index contributed by atoms with van der Waals surface area (Å²) in [4.78, 5) is 43.9. The lowest BCUT2D eigenvalue weighted by Gasteiger charge is -2.12. The van der Waals surface area contributed by atoms with Crippen LogP contribution in [0.5, 0.6) is 5.75 Å². The smallest absolute Gasteiger partial charge is 0.326 e. The zero-order valence-electron chi connectivity index (χ0n) is 11.0. The average Bonchev–Trinajstić information content (AvgIpc) is 2.37. The lowest BCUT2D eigenvalue weighted by atomic mass is 10.1. The highest BCUT2D eigenvalue weighted by Crippen LogP contribution is 2.12. The fourth-order valence-electron chi connectivity index (χ4n) is 1.46. The monoisotopic (exact) mass is 295 g/mol. The third-order valence-corrected chi connectivity index (χ3v) is 2.36. The molecule has 0 fully saturated rings. The average molecular weight is 295 g/mol. The zero-order chi connectivity index (χ0) is 16.0. The van der Waals surface area contributed by atoms with Gasteiger partial charge in [0.25, 0.3) is 5.91 Å². The van der Waals surface area contributed by atoms with E-state index in [-0.39, 0.29) is 11.3 Å². The molecule has 1 aromatic rings. The molecule has 8 heteroatoms. The largest absolute Gasteiger partial charge is 0.481 e. The summed E-state index contributed by atoms with van der Waals surface area (Å²) >= 11 is 0. The van der Waals surface area contributed by atoms with Crippen molar-refractivity contribution in [3.8, 4) is 5.75 Å². The van der Waals surface area contributed by atoms with Crippen molar-refractivity contribution in [2.24, 2.45) is 0 Å². The highest BCUT2D eigenvalue weighted by atomic mass is 16.5. The molecule has 0 saturated carbocycles. The molecule has 3 N–H and O–H groups in total. The number of carbonyl (C=O) groups is 4. The van der Waals surface area contributed by atoms with Gasteiger partial charge in [0.1, 0.15) is 11.8 Å². The van der Waals surface area contributed by atoms with Crippen LogP contribution in [0.2, 0.25) is 0 Å². The van der Waals surface area contributed by atoms with E-state index in [0.29, 0.717) is 0 Å². The van der Waals surface area contributed by atoms with Crippen LogP contribution >= 0.6 is 0 Å². The van der Waals surface area contributed by atoms with Crippen LogP contribution in [-0.4, -0.2) is 40.1 Å². The van der Waals surface area contributed by atoms with Crippen LogP contribution in [-0.2, 0) is 14.4 Å². The SMILES string of the molecule is CC(=O)Oc1ccc(C(=O)N[C@H](CC(=O)O)C(=O)O)cc1. The van der Waals surface area contributed by atoms with Crippen LogP contribution in [0, 0.1) is 0 Å². The van der Waals surface area contributed by atoms with E-state index < -0.39 is 36.3 Å². The van der Waals surface area contributed by atoms with Crippen molar-refractivity contribution < 1.29 is 34.1 Å². The van der Waals surface area contributed by atoms with Crippen LogP contribution in [0.4, 0.5) is 0 Å². The Labute approximate surface area is 119 Å². The molecule has 0 spiro atoms. The molecule has 1 atom stereocenters. The molecule has 0 unspecified atom stereocenters. The second kappa shape index (κ2) is 7.04. The van der Waals surface area contributed by atoms with Gasteiger partial charge in [-0.1, -0.05) is 0 Å². The minimum absolute atomic E-state index is 0.113. The van der Waals surface area contributed by atoms with Crippen LogP contribution in [0.3, 0.4) is 0 Å². The summed E-state index contributed by atoms with van der Waals surface area (Å²) in [6.07, 6.45) is -0.730. The third kappa shape index (κ3) is 5.31. The lowest BCUT2D eigenvalue weighted by molar-refractivity contribution is -0.145. The number of benzene rings is 1. The van der Waals surface area contributed by atoms with Gasteiger partial charge >= 0.3 is 17.9 Å². The van der Waals surface area contributed by atoms with Gasteiger partial charge in [0.15, 0.2) is 0 Å². The van der Waals surface area contributed by atoms with Crippen molar-refractivity contribution in [3.63, 3.8) is 0 Å². The molecule has 112 valence electrons. The molecule has 1 rings (SSSR count). The Morgan fingerprint density at radius 1 is 1.14 bits per heavy atom. The number of rotatable bonds is 6. The third-order valence-electron chi connectivity index (χ3n) is 2.36. The predicted molar refractivity (Wildman–Crippen MR) is 68.9 cm³/mol. The van der Waals surface area contributed by atoms with Crippen molar-refractivity contribution in [2.45, 2.75) is 19.4 Å². The number of nitrogens with one attached hydrogen (secondary N) is 1. The first-order valence-electron chi connectivity index (χ1n) is 5.83. The van der Waals surface area contributed by atoms with Gasteiger partial charge in [-0.05, 0) is 24.3 Å². The van der Waals surface area contributed by atoms with Crippen molar-refractivity contribution in [2.75, 3.05) is 0 Å². The molecule has 0 heterocycles. The molecule has 0 aliphatic heterocycles. The Morgan fingerprint density at radius 3 is 2.14 bits per heavy atom. The number of aliphatic carboxylic acids is 2. The lowest BCUT2D eigenvalue weighted by Crippen LogP contribution is -2.42. The number of carbonyl (C=O) groups excluding carboxylic acids is 2. The van der Waals surface area contributed by atoms with Crippen LogP contribution < -0.4 is 10.1 Å². The Morgan fingerprint density at radius 2 is 1.71 bits per heavy atom. The number of hydrogen-bond donors (Lipinski definition) is 3. The molecule has 0 aromatic heterocycles. The van der Waals surface area contributed by atoms with Crippen LogP contribution in [0.15, 0.2) is 24.3 Å². The molecular weight excluding hydrogens is 282 g/mol. The summed E-state index contributed by atoms with van der Waals surface area (Å²) in [5.74, 6) is -3.80. The summed E-state index contributed by atoms with van der Waals surface area (Å²) in [5.41, 5.74) is 0.113. The van der Waals surface area contributed by atoms with E-state index in [4.69, 9.17) is 14.9 Å². The minimum Gasteiger partial charge on any atom is -0.481 e. The van der Waals surface area contributed by atoms with E-state index >= 15 is 0 Å². The first-order valence-corrected chi connectivity index (χ1v) is 5.83. The number of hydrogen-bond acceptors (Lipinski definition) is 5. The van der Waals surface area contributed by atoms with Gasteiger partial charge in [-0.25, -0.2) is 4.79 Å². The molecule has 0 saturated heterocycles. The number of ether oxygens (including phenoxy) is 1. The van der Waals surface area contributed by atoms with E-state index in [1.807, 2.05) is 0 Å². The van der Waals surface area contributed by atoms with Gasteiger partial charge in [-0.15, -0.1) is 0 Å². The Bertz CT molecular complexity index is 564. The van der Waals surface area contributed by atoms with E-state index in [1.54, 1.807) is 0 Å².